The third kappa shape index (κ3) is 4.45. The van der Waals surface area contributed by atoms with E-state index in [1.807, 2.05) is 18.2 Å². The highest BCUT2D eigenvalue weighted by Crippen LogP contribution is 2.20. The fourth-order valence-electron chi connectivity index (χ4n) is 2.39. The lowest BCUT2D eigenvalue weighted by atomic mass is 10.2. The van der Waals surface area contributed by atoms with Gasteiger partial charge in [-0.25, -0.2) is 9.78 Å². The van der Waals surface area contributed by atoms with Crippen LogP contribution in [-0.4, -0.2) is 32.3 Å². The Morgan fingerprint density at radius 1 is 1.38 bits per heavy atom. The summed E-state index contributed by atoms with van der Waals surface area (Å²) < 4.78 is 1.64. The molecule has 3 heterocycles. The number of hydrogen-bond acceptors (Lipinski definition) is 5. The van der Waals surface area contributed by atoms with Gasteiger partial charge in [0, 0.05) is 49.4 Å². The summed E-state index contributed by atoms with van der Waals surface area (Å²) in [5.74, 6) is 1.05. The largest absolute Gasteiger partial charge is 0.337 e. The Morgan fingerprint density at radius 3 is 2.92 bits per heavy atom. The molecule has 2 N–H and O–H groups in total. The lowest BCUT2D eigenvalue weighted by molar-refractivity contribution is 0.252. The van der Waals surface area contributed by atoms with E-state index in [9.17, 15) is 4.79 Å². The molecule has 0 unspecified atom stereocenters. The monoisotopic (exact) mass is 370 g/mol. The number of pyridine rings is 1. The van der Waals surface area contributed by atoms with Crippen LogP contribution in [0, 0.1) is 0 Å². The zero-order chi connectivity index (χ0) is 18.5. The molecule has 0 aliphatic rings. The average Bonchev–Trinajstić information content (AvgIpc) is 3.23. The number of amides is 2. The Morgan fingerprint density at radius 2 is 2.23 bits per heavy atom. The van der Waals surface area contributed by atoms with Gasteiger partial charge in [0.2, 0.25) is 0 Å². The van der Waals surface area contributed by atoms with Crippen LogP contribution < -0.4 is 10.6 Å². The number of thiazole rings is 1. The SMILES string of the molecule is CC(C)c1csc(CCNC(=O)Nc2cc(-c3cccnc3)nn2C)n1. The Bertz CT molecular complexity index is 871. The van der Waals surface area contributed by atoms with E-state index < -0.39 is 0 Å². The molecule has 3 aromatic heterocycles. The van der Waals surface area contributed by atoms with E-state index in [4.69, 9.17) is 0 Å². The first-order valence-electron chi connectivity index (χ1n) is 8.46. The van der Waals surface area contributed by atoms with Gasteiger partial charge < -0.3 is 5.32 Å². The van der Waals surface area contributed by atoms with Crippen LogP contribution in [0.1, 0.15) is 30.5 Å². The molecule has 0 radical (unpaired) electrons. The zero-order valence-electron chi connectivity index (χ0n) is 15.1. The van der Waals surface area contributed by atoms with Crippen LogP contribution in [0.4, 0.5) is 10.6 Å². The topological polar surface area (TPSA) is 84.7 Å². The van der Waals surface area contributed by atoms with Gasteiger partial charge >= 0.3 is 6.03 Å². The third-order valence-corrected chi connectivity index (χ3v) is 4.79. The predicted octanol–water partition coefficient (Wildman–Crippen LogP) is 3.43. The number of rotatable bonds is 6. The maximum absolute atomic E-state index is 12.1. The van der Waals surface area contributed by atoms with Crippen molar-refractivity contribution in [3.63, 3.8) is 0 Å². The van der Waals surface area contributed by atoms with Gasteiger partial charge in [-0.05, 0) is 18.1 Å². The molecule has 136 valence electrons. The normalized spacial score (nSPS) is 10.9. The fraction of sp³-hybridized carbons (Fsp3) is 0.333. The van der Waals surface area contributed by atoms with Crippen LogP contribution in [0.25, 0.3) is 11.3 Å². The molecule has 2 amide bonds. The molecule has 3 rings (SSSR count). The van der Waals surface area contributed by atoms with Crippen molar-refractivity contribution in [2.75, 3.05) is 11.9 Å². The number of anilines is 1. The van der Waals surface area contributed by atoms with Gasteiger partial charge in [-0.2, -0.15) is 5.10 Å². The van der Waals surface area contributed by atoms with Crippen LogP contribution in [0.2, 0.25) is 0 Å². The summed E-state index contributed by atoms with van der Waals surface area (Å²) in [6, 6.07) is 5.35. The van der Waals surface area contributed by atoms with Gasteiger partial charge in [0.15, 0.2) is 0 Å². The van der Waals surface area contributed by atoms with Crippen molar-refractivity contribution in [3.8, 4) is 11.3 Å². The van der Waals surface area contributed by atoms with E-state index in [0.29, 0.717) is 18.3 Å². The Kier molecular flexibility index (Phi) is 5.62. The molecular formula is C18H22N6OS. The van der Waals surface area contributed by atoms with Crippen LogP contribution in [-0.2, 0) is 13.5 Å². The highest BCUT2D eigenvalue weighted by atomic mass is 32.1. The van der Waals surface area contributed by atoms with Crippen molar-refractivity contribution >= 4 is 23.2 Å². The van der Waals surface area contributed by atoms with Gasteiger partial charge in [0.05, 0.1) is 16.4 Å². The number of hydrogen-bond donors (Lipinski definition) is 2. The standard InChI is InChI=1S/C18H22N6OS/c1-12(2)15-11-26-17(21-15)6-8-20-18(25)22-16-9-14(23-24(16)3)13-5-4-7-19-10-13/h4-5,7,9-12H,6,8H2,1-3H3,(H2,20,22,25). The van der Waals surface area contributed by atoms with Crippen LogP contribution in [0.5, 0.6) is 0 Å². The molecule has 0 spiro atoms. The van der Waals surface area contributed by atoms with Crippen molar-refractivity contribution in [1.82, 2.24) is 25.1 Å². The summed E-state index contributed by atoms with van der Waals surface area (Å²) >= 11 is 1.63. The first-order valence-corrected chi connectivity index (χ1v) is 9.34. The van der Waals surface area contributed by atoms with Crippen LogP contribution in [0.15, 0.2) is 36.0 Å². The van der Waals surface area contributed by atoms with E-state index in [1.54, 1.807) is 35.5 Å². The number of nitrogens with zero attached hydrogens (tertiary/aromatic N) is 4. The summed E-state index contributed by atoms with van der Waals surface area (Å²) in [6.07, 6.45) is 4.17. The molecule has 0 atom stereocenters. The van der Waals surface area contributed by atoms with E-state index in [2.05, 4.69) is 44.9 Å². The molecule has 8 heteroatoms. The van der Waals surface area contributed by atoms with Crippen LogP contribution >= 0.6 is 11.3 Å². The predicted molar refractivity (Wildman–Crippen MR) is 103 cm³/mol. The number of aryl methyl sites for hydroxylation is 1. The number of nitrogens with one attached hydrogen (secondary N) is 2. The number of carbonyl (C=O) groups excluding carboxylic acids is 1. The van der Waals surface area contributed by atoms with Gasteiger partial charge in [-0.15, -0.1) is 11.3 Å². The van der Waals surface area contributed by atoms with Gasteiger partial charge in [-0.3, -0.25) is 15.0 Å². The first-order chi connectivity index (χ1) is 12.5. The molecule has 7 nitrogen and oxygen atoms in total. The second-order valence-electron chi connectivity index (χ2n) is 6.23. The third-order valence-electron chi connectivity index (χ3n) is 3.86. The highest BCUT2D eigenvalue weighted by Gasteiger charge is 2.11. The minimum absolute atomic E-state index is 0.258. The Balaban J connectivity index is 1.52. The molecule has 26 heavy (non-hydrogen) atoms. The minimum atomic E-state index is -0.258. The van der Waals surface area contributed by atoms with E-state index in [1.165, 1.54) is 0 Å². The summed E-state index contributed by atoms with van der Waals surface area (Å²) in [5.41, 5.74) is 2.77. The molecular weight excluding hydrogens is 348 g/mol. The Labute approximate surface area is 156 Å². The zero-order valence-corrected chi connectivity index (χ0v) is 15.9. The van der Waals surface area contributed by atoms with Crippen molar-refractivity contribution in [2.45, 2.75) is 26.2 Å². The minimum Gasteiger partial charge on any atom is -0.337 e. The van der Waals surface area contributed by atoms with E-state index in [-0.39, 0.29) is 6.03 Å². The lowest BCUT2D eigenvalue weighted by Crippen LogP contribution is -2.31. The number of aromatic nitrogens is 4. The summed E-state index contributed by atoms with van der Waals surface area (Å²) in [5, 5.41) is 13.2. The molecule has 0 saturated carbocycles. The second kappa shape index (κ2) is 8.09. The molecule has 0 aliphatic carbocycles. The molecule has 0 fully saturated rings. The highest BCUT2D eigenvalue weighted by molar-refractivity contribution is 7.09. The number of carbonyl (C=O) groups is 1. The molecule has 3 aromatic rings. The quantitative estimate of drug-likeness (QED) is 0.696. The fourth-order valence-corrected chi connectivity index (χ4v) is 3.35. The van der Waals surface area contributed by atoms with Gasteiger partial charge in [-0.1, -0.05) is 13.8 Å². The summed E-state index contributed by atoms with van der Waals surface area (Å²) in [7, 11) is 1.79. The summed E-state index contributed by atoms with van der Waals surface area (Å²) in [6.45, 7) is 4.78. The van der Waals surface area contributed by atoms with Crippen molar-refractivity contribution in [3.05, 3.63) is 46.7 Å². The number of urea groups is 1. The van der Waals surface area contributed by atoms with E-state index >= 15 is 0 Å². The molecule has 0 bridgehead atoms. The van der Waals surface area contributed by atoms with Gasteiger partial charge in [0.1, 0.15) is 5.82 Å². The van der Waals surface area contributed by atoms with Crippen molar-refractivity contribution < 1.29 is 4.79 Å². The molecule has 0 saturated heterocycles. The maximum atomic E-state index is 12.1. The molecule has 0 aromatic carbocycles. The van der Waals surface area contributed by atoms with Crippen molar-refractivity contribution in [2.24, 2.45) is 7.05 Å². The molecule has 0 aliphatic heterocycles. The first kappa shape index (κ1) is 18.1. The van der Waals surface area contributed by atoms with Crippen LogP contribution in [0.3, 0.4) is 0 Å². The smallest absolute Gasteiger partial charge is 0.320 e. The maximum Gasteiger partial charge on any atom is 0.320 e. The van der Waals surface area contributed by atoms with Gasteiger partial charge in [0.25, 0.3) is 0 Å². The van der Waals surface area contributed by atoms with E-state index in [0.717, 1.165) is 28.4 Å². The second-order valence-corrected chi connectivity index (χ2v) is 7.17. The lowest BCUT2D eigenvalue weighted by Gasteiger charge is -2.06. The summed E-state index contributed by atoms with van der Waals surface area (Å²) in [4.78, 5) is 20.8. The Hall–Kier alpha value is -2.74. The average molecular weight is 370 g/mol. The van der Waals surface area contributed by atoms with Crippen molar-refractivity contribution in [1.29, 1.82) is 0 Å².